The third-order valence-corrected chi connectivity index (χ3v) is 2.77. The number of carboxylic acids is 1. The lowest BCUT2D eigenvalue weighted by Crippen LogP contribution is -2.45. The van der Waals surface area contributed by atoms with Crippen molar-refractivity contribution in [3.05, 3.63) is 0 Å². The molecule has 1 aliphatic heterocycles. The summed E-state index contributed by atoms with van der Waals surface area (Å²) in [4.78, 5) is 36.2. The molecule has 2 amide bonds. The minimum absolute atomic E-state index is 0.0564. The van der Waals surface area contributed by atoms with Crippen molar-refractivity contribution >= 4 is 17.8 Å². The first kappa shape index (κ1) is 12.5. The van der Waals surface area contributed by atoms with Gasteiger partial charge in [-0.2, -0.15) is 0 Å². The standard InChI is InChI=1S/C10H16N2O4/c1-7(13)11(2)6-9(14)12-5-3-4-8(12)10(15)16/h8H,3-6H2,1-2H3,(H,15,16). The SMILES string of the molecule is CC(=O)N(C)CC(=O)N1CCCC1C(=O)O. The number of hydrogen-bond donors (Lipinski definition) is 1. The molecule has 6 nitrogen and oxygen atoms in total. The molecule has 0 saturated carbocycles. The summed E-state index contributed by atoms with van der Waals surface area (Å²) in [6, 6.07) is -0.729. The van der Waals surface area contributed by atoms with Gasteiger partial charge in [-0.25, -0.2) is 4.79 Å². The third kappa shape index (κ3) is 2.71. The van der Waals surface area contributed by atoms with Crippen LogP contribution in [0.25, 0.3) is 0 Å². The van der Waals surface area contributed by atoms with Crippen molar-refractivity contribution in [1.82, 2.24) is 9.80 Å². The molecule has 0 aromatic carbocycles. The fraction of sp³-hybridized carbons (Fsp3) is 0.700. The molecule has 1 aliphatic rings. The van der Waals surface area contributed by atoms with E-state index in [1.165, 1.54) is 23.8 Å². The van der Waals surface area contributed by atoms with Gasteiger partial charge in [0.1, 0.15) is 6.04 Å². The quantitative estimate of drug-likeness (QED) is 0.709. The molecule has 1 rings (SSSR count). The molecule has 0 aromatic rings. The van der Waals surface area contributed by atoms with Crippen molar-refractivity contribution in [2.45, 2.75) is 25.8 Å². The first-order chi connectivity index (χ1) is 7.43. The minimum Gasteiger partial charge on any atom is -0.480 e. The van der Waals surface area contributed by atoms with E-state index in [9.17, 15) is 14.4 Å². The Morgan fingerprint density at radius 3 is 2.56 bits per heavy atom. The van der Waals surface area contributed by atoms with E-state index in [1.54, 1.807) is 0 Å². The Morgan fingerprint density at radius 1 is 1.44 bits per heavy atom. The van der Waals surface area contributed by atoms with E-state index in [2.05, 4.69) is 0 Å². The number of carboxylic acid groups (broad SMARTS) is 1. The van der Waals surface area contributed by atoms with Gasteiger partial charge in [-0.15, -0.1) is 0 Å². The van der Waals surface area contributed by atoms with Crippen LogP contribution in [0.3, 0.4) is 0 Å². The number of carbonyl (C=O) groups is 3. The number of aliphatic carboxylic acids is 1. The molecule has 1 unspecified atom stereocenters. The lowest BCUT2D eigenvalue weighted by Gasteiger charge is -2.24. The predicted molar refractivity (Wildman–Crippen MR) is 55.7 cm³/mol. The molecule has 0 aromatic heterocycles. The van der Waals surface area contributed by atoms with Crippen molar-refractivity contribution in [3.8, 4) is 0 Å². The number of likely N-dealkylation sites (tertiary alicyclic amines) is 1. The molecule has 16 heavy (non-hydrogen) atoms. The summed E-state index contributed by atoms with van der Waals surface area (Å²) in [6.07, 6.45) is 1.19. The maximum atomic E-state index is 11.7. The van der Waals surface area contributed by atoms with E-state index in [4.69, 9.17) is 5.11 Å². The van der Waals surface area contributed by atoms with Gasteiger partial charge in [0.25, 0.3) is 0 Å². The first-order valence-corrected chi connectivity index (χ1v) is 5.17. The summed E-state index contributed by atoms with van der Waals surface area (Å²) in [5.41, 5.74) is 0. The van der Waals surface area contributed by atoms with Crippen LogP contribution in [0.1, 0.15) is 19.8 Å². The Kier molecular flexibility index (Phi) is 3.87. The highest BCUT2D eigenvalue weighted by atomic mass is 16.4. The number of rotatable bonds is 3. The van der Waals surface area contributed by atoms with Crippen LogP contribution in [0.2, 0.25) is 0 Å². The summed E-state index contributed by atoms with van der Waals surface area (Å²) < 4.78 is 0. The predicted octanol–water partition coefficient (Wildman–Crippen LogP) is -0.460. The van der Waals surface area contributed by atoms with Crippen LogP contribution >= 0.6 is 0 Å². The normalized spacial score (nSPS) is 19.6. The van der Waals surface area contributed by atoms with E-state index in [1.807, 2.05) is 0 Å². The van der Waals surface area contributed by atoms with Crippen LogP contribution in [-0.2, 0) is 14.4 Å². The van der Waals surface area contributed by atoms with E-state index < -0.39 is 12.0 Å². The monoisotopic (exact) mass is 228 g/mol. The van der Waals surface area contributed by atoms with Crippen LogP contribution < -0.4 is 0 Å². The van der Waals surface area contributed by atoms with Gasteiger partial charge in [-0.3, -0.25) is 9.59 Å². The van der Waals surface area contributed by atoms with Gasteiger partial charge in [0, 0.05) is 20.5 Å². The van der Waals surface area contributed by atoms with Gasteiger partial charge >= 0.3 is 5.97 Å². The lowest BCUT2D eigenvalue weighted by molar-refractivity contribution is -0.149. The Bertz CT molecular complexity index is 316. The topological polar surface area (TPSA) is 77.9 Å². The molecular weight excluding hydrogens is 212 g/mol. The molecular formula is C10H16N2O4. The van der Waals surface area contributed by atoms with Gasteiger partial charge < -0.3 is 14.9 Å². The Labute approximate surface area is 93.8 Å². The van der Waals surface area contributed by atoms with Gasteiger partial charge in [0.2, 0.25) is 11.8 Å². The summed E-state index contributed by atoms with van der Waals surface area (Å²) in [7, 11) is 1.52. The maximum Gasteiger partial charge on any atom is 0.326 e. The highest BCUT2D eigenvalue weighted by molar-refractivity contribution is 5.87. The highest BCUT2D eigenvalue weighted by Crippen LogP contribution is 2.17. The van der Waals surface area contributed by atoms with Gasteiger partial charge in [-0.1, -0.05) is 0 Å². The molecule has 6 heteroatoms. The molecule has 1 atom stereocenters. The van der Waals surface area contributed by atoms with Crippen molar-refractivity contribution in [2.75, 3.05) is 20.1 Å². The van der Waals surface area contributed by atoms with Crippen LogP contribution in [0.5, 0.6) is 0 Å². The molecule has 0 aliphatic carbocycles. The van der Waals surface area contributed by atoms with Crippen molar-refractivity contribution < 1.29 is 19.5 Å². The second kappa shape index (κ2) is 4.96. The highest BCUT2D eigenvalue weighted by Gasteiger charge is 2.34. The Balaban J connectivity index is 2.60. The van der Waals surface area contributed by atoms with Crippen molar-refractivity contribution in [3.63, 3.8) is 0 Å². The van der Waals surface area contributed by atoms with Gasteiger partial charge in [0.15, 0.2) is 0 Å². The largest absolute Gasteiger partial charge is 0.480 e. The van der Waals surface area contributed by atoms with Gasteiger partial charge in [-0.05, 0) is 12.8 Å². The number of carbonyl (C=O) groups excluding carboxylic acids is 2. The van der Waals surface area contributed by atoms with E-state index in [0.717, 1.165) is 0 Å². The van der Waals surface area contributed by atoms with E-state index in [0.29, 0.717) is 19.4 Å². The lowest BCUT2D eigenvalue weighted by atomic mass is 10.2. The van der Waals surface area contributed by atoms with Crippen LogP contribution in [-0.4, -0.2) is 58.9 Å². The molecule has 0 spiro atoms. The maximum absolute atomic E-state index is 11.7. The summed E-state index contributed by atoms with van der Waals surface area (Å²) >= 11 is 0. The van der Waals surface area contributed by atoms with E-state index in [-0.39, 0.29) is 18.4 Å². The zero-order valence-corrected chi connectivity index (χ0v) is 9.47. The molecule has 1 N–H and O–H groups in total. The average molecular weight is 228 g/mol. The summed E-state index contributed by atoms with van der Waals surface area (Å²) in [6.45, 7) is 1.77. The smallest absolute Gasteiger partial charge is 0.326 e. The van der Waals surface area contributed by atoms with E-state index >= 15 is 0 Å². The summed E-state index contributed by atoms with van der Waals surface area (Å²) in [5, 5.41) is 8.90. The van der Waals surface area contributed by atoms with Crippen LogP contribution in [0.4, 0.5) is 0 Å². The molecule has 1 heterocycles. The second-order valence-electron chi connectivity index (χ2n) is 3.96. The minimum atomic E-state index is -0.976. The molecule has 90 valence electrons. The third-order valence-electron chi connectivity index (χ3n) is 2.77. The number of likely N-dealkylation sites (N-methyl/N-ethyl adjacent to an activating group) is 1. The molecule has 0 radical (unpaired) electrons. The molecule has 0 bridgehead atoms. The Hall–Kier alpha value is -1.59. The zero-order chi connectivity index (χ0) is 12.3. The zero-order valence-electron chi connectivity index (χ0n) is 9.47. The second-order valence-corrected chi connectivity index (χ2v) is 3.96. The molecule has 1 fully saturated rings. The van der Waals surface area contributed by atoms with Crippen LogP contribution in [0, 0.1) is 0 Å². The van der Waals surface area contributed by atoms with Gasteiger partial charge in [0.05, 0.1) is 6.54 Å². The van der Waals surface area contributed by atoms with Crippen molar-refractivity contribution in [1.29, 1.82) is 0 Å². The number of amides is 2. The number of nitrogens with zero attached hydrogens (tertiary/aromatic N) is 2. The Morgan fingerprint density at radius 2 is 2.06 bits per heavy atom. The average Bonchev–Trinajstić information content (AvgIpc) is 2.65. The first-order valence-electron chi connectivity index (χ1n) is 5.17. The van der Waals surface area contributed by atoms with Crippen LogP contribution in [0.15, 0.2) is 0 Å². The van der Waals surface area contributed by atoms with Crippen molar-refractivity contribution in [2.24, 2.45) is 0 Å². The summed E-state index contributed by atoms with van der Waals surface area (Å²) in [5.74, 6) is -1.49. The molecule has 1 saturated heterocycles. The number of hydrogen-bond acceptors (Lipinski definition) is 3. The fourth-order valence-electron chi connectivity index (χ4n) is 1.73. The fourth-order valence-corrected chi connectivity index (χ4v) is 1.73.